The van der Waals surface area contributed by atoms with Crippen molar-refractivity contribution in [1.82, 2.24) is 9.78 Å². The Morgan fingerprint density at radius 1 is 1.62 bits per heavy atom. The van der Waals surface area contributed by atoms with E-state index in [2.05, 4.69) is 9.84 Å². The first-order chi connectivity index (χ1) is 7.34. The van der Waals surface area contributed by atoms with E-state index in [1.54, 1.807) is 0 Å². The van der Waals surface area contributed by atoms with Gasteiger partial charge in [0.2, 0.25) is 0 Å². The Labute approximate surface area is 97.6 Å². The first kappa shape index (κ1) is 13.0. The zero-order valence-corrected chi connectivity index (χ0v) is 10.4. The summed E-state index contributed by atoms with van der Waals surface area (Å²) < 4.78 is 28.0. The standard InChI is InChI=1S/C8H11ClN2O4S/c1-6-7(16(9,13)14)5-11(10-6)4-3-8(12)15-2/h5H,3-4H2,1-2H3. The van der Waals surface area contributed by atoms with Gasteiger partial charge in [-0.1, -0.05) is 0 Å². The first-order valence-electron chi connectivity index (χ1n) is 4.40. The summed E-state index contributed by atoms with van der Waals surface area (Å²) in [4.78, 5) is 10.8. The molecule has 1 heterocycles. The monoisotopic (exact) mass is 266 g/mol. The molecular weight excluding hydrogens is 256 g/mol. The summed E-state index contributed by atoms with van der Waals surface area (Å²) in [5, 5.41) is 3.93. The molecule has 0 saturated carbocycles. The Morgan fingerprint density at radius 2 is 2.25 bits per heavy atom. The Morgan fingerprint density at radius 3 is 2.69 bits per heavy atom. The normalized spacial score (nSPS) is 11.4. The lowest BCUT2D eigenvalue weighted by Gasteiger charge is -1.99. The van der Waals surface area contributed by atoms with Crippen molar-refractivity contribution in [3.8, 4) is 0 Å². The zero-order chi connectivity index (χ0) is 12.3. The zero-order valence-electron chi connectivity index (χ0n) is 8.81. The van der Waals surface area contributed by atoms with Crippen LogP contribution in [0.15, 0.2) is 11.1 Å². The average Bonchev–Trinajstić information content (AvgIpc) is 2.55. The van der Waals surface area contributed by atoms with Crippen LogP contribution in [0.3, 0.4) is 0 Å². The molecule has 0 radical (unpaired) electrons. The second kappa shape index (κ2) is 4.84. The minimum Gasteiger partial charge on any atom is -0.469 e. The number of halogens is 1. The molecule has 1 aromatic heterocycles. The van der Waals surface area contributed by atoms with Crippen LogP contribution < -0.4 is 0 Å². The Hall–Kier alpha value is -1.08. The van der Waals surface area contributed by atoms with Crippen LogP contribution in [0.1, 0.15) is 12.1 Å². The topological polar surface area (TPSA) is 78.3 Å². The van der Waals surface area contributed by atoms with Crippen LogP contribution in [-0.2, 0) is 25.1 Å². The number of aryl methyl sites for hydroxylation is 2. The van der Waals surface area contributed by atoms with Crippen LogP contribution in [0.2, 0.25) is 0 Å². The van der Waals surface area contributed by atoms with Crippen molar-refractivity contribution in [2.45, 2.75) is 24.8 Å². The molecule has 90 valence electrons. The minimum absolute atomic E-state index is 0.0426. The van der Waals surface area contributed by atoms with Crippen LogP contribution in [0.25, 0.3) is 0 Å². The van der Waals surface area contributed by atoms with Crippen LogP contribution in [0, 0.1) is 6.92 Å². The molecule has 0 saturated heterocycles. The lowest BCUT2D eigenvalue weighted by atomic mass is 10.4. The van der Waals surface area contributed by atoms with Crippen molar-refractivity contribution in [3.63, 3.8) is 0 Å². The number of ether oxygens (including phenoxy) is 1. The maximum atomic E-state index is 11.1. The van der Waals surface area contributed by atoms with E-state index in [1.807, 2.05) is 0 Å². The van der Waals surface area contributed by atoms with Gasteiger partial charge in [0.05, 0.1) is 25.8 Å². The summed E-state index contributed by atoms with van der Waals surface area (Å²) in [5.41, 5.74) is 0.305. The predicted molar refractivity (Wildman–Crippen MR) is 56.6 cm³/mol. The highest BCUT2D eigenvalue weighted by Crippen LogP contribution is 2.17. The molecule has 0 aliphatic heterocycles. The van der Waals surface area contributed by atoms with Gasteiger partial charge < -0.3 is 4.74 Å². The van der Waals surface area contributed by atoms with E-state index in [4.69, 9.17) is 10.7 Å². The number of esters is 1. The summed E-state index contributed by atoms with van der Waals surface area (Å²) in [6.07, 6.45) is 1.42. The maximum Gasteiger partial charge on any atom is 0.307 e. The fraction of sp³-hybridized carbons (Fsp3) is 0.500. The van der Waals surface area contributed by atoms with Gasteiger partial charge in [-0.3, -0.25) is 9.48 Å². The molecule has 6 nitrogen and oxygen atoms in total. The minimum atomic E-state index is -3.78. The summed E-state index contributed by atoms with van der Waals surface area (Å²) in [6.45, 7) is 1.78. The molecule has 8 heteroatoms. The molecule has 0 fully saturated rings. The van der Waals surface area contributed by atoms with Gasteiger partial charge in [-0.25, -0.2) is 8.42 Å². The number of aromatic nitrogens is 2. The number of hydrogen-bond donors (Lipinski definition) is 0. The Balaban J connectivity index is 2.82. The summed E-state index contributed by atoms with van der Waals surface area (Å²) in [5.74, 6) is -0.386. The third-order valence-corrected chi connectivity index (χ3v) is 3.36. The molecule has 0 aliphatic carbocycles. The van der Waals surface area contributed by atoms with Gasteiger partial charge >= 0.3 is 5.97 Å². The van der Waals surface area contributed by atoms with Crippen LogP contribution >= 0.6 is 10.7 Å². The van der Waals surface area contributed by atoms with Gasteiger partial charge in [-0.15, -0.1) is 0 Å². The van der Waals surface area contributed by atoms with Crippen molar-refractivity contribution in [2.24, 2.45) is 0 Å². The summed E-state index contributed by atoms with van der Waals surface area (Å²) in [6, 6.07) is 0. The van der Waals surface area contributed by atoms with Gasteiger partial charge in [0.15, 0.2) is 0 Å². The third kappa shape index (κ3) is 3.21. The smallest absolute Gasteiger partial charge is 0.307 e. The van der Waals surface area contributed by atoms with Gasteiger partial charge in [0.1, 0.15) is 4.90 Å². The first-order valence-corrected chi connectivity index (χ1v) is 6.71. The van der Waals surface area contributed by atoms with Gasteiger partial charge in [0, 0.05) is 16.9 Å². The van der Waals surface area contributed by atoms with E-state index >= 15 is 0 Å². The van der Waals surface area contributed by atoms with Crippen molar-refractivity contribution in [3.05, 3.63) is 11.9 Å². The lowest BCUT2D eigenvalue weighted by molar-refractivity contribution is -0.140. The highest BCUT2D eigenvalue weighted by Gasteiger charge is 2.17. The number of rotatable bonds is 4. The highest BCUT2D eigenvalue weighted by atomic mass is 35.7. The quantitative estimate of drug-likeness (QED) is 0.592. The molecule has 0 aliphatic rings. The van der Waals surface area contributed by atoms with E-state index in [9.17, 15) is 13.2 Å². The molecule has 0 N–H and O–H groups in total. The predicted octanol–water partition coefficient (Wildman–Crippen LogP) is 0.682. The Kier molecular flexibility index (Phi) is 3.93. The number of carbonyl (C=O) groups excluding carboxylic acids is 1. The molecule has 0 spiro atoms. The second-order valence-corrected chi connectivity index (χ2v) is 5.64. The highest BCUT2D eigenvalue weighted by molar-refractivity contribution is 8.13. The molecule has 0 bridgehead atoms. The number of carbonyl (C=O) groups is 1. The lowest BCUT2D eigenvalue weighted by Crippen LogP contribution is -2.07. The maximum absolute atomic E-state index is 11.1. The fourth-order valence-electron chi connectivity index (χ4n) is 1.16. The van der Waals surface area contributed by atoms with E-state index in [1.165, 1.54) is 24.9 Å². The van der Waals surface area contributed by atoms with Gasteiger partial charge in [-0.2, -0.15) is 5.10 Å². The van der Waals surface area contributed by atoms with E-state index in [0.717, 1.165) is 0 Å². The molecule has 1 aromatic rings. The van der Waals surface area contributed by atoms with Gasteiger partial charge in [0.25, 0.3) is 9.05 Å². The van der Waals surface area contributed by atoms with E-state index in [-0.39, 0.29) is 23.8 Å². The van der Waals surface area contributed by atoms with Crippen molar-refractivity contribution in [1.29, 1.82) is 0 Å². The van der Waals surface area contributed by atoms with Crippen molar-refractivity contribution >= 4 is 25.7 Å². The van der Waals surface area contributed by atoms with E-state index < -0.39 is 9.05 Å². The molecule has 1 rings (SSSR count). The van der Waals surface area contributed by atoms with Crippen molar-refractivity contribution in [2.75, 3.05) is 7.11 Å². The molecule has 0 aromatic carbocycles. The number of methoxy groups -OCH3 is 1. The largest absolute Gasteiger partial charge is 0.469 e. The fourth-order valence-corrected chi connectivity index (χ4v) is 2.26. The average molecular weight is 267 g/mol. The van der Waals surface area contributed by atoms with Crippen LogP contribution in [0.5, 0.6) is 0 Å². The van der Waals surface area contributed by atoms with Gasteiger partial charge in [-0.05, 0) is 6.92 Å². The second-order valence-electron chi connectivity index (χ2n) is 3.11. The summed E-state index contributed by atoms with van der Waals surface area (Å²) in [7, 11) is 2.69. The molecule has 0 unspecified atom stereocenters. The third-order valence-electron chi connectivity index (χ3n) is 1.94. The summed E-state index contributed by atoms with van der Waals surface area (Å²) >= 11 is 0. The van der Waals surface area contributed by atoms with Crippen LogP contribution in [-0.4, -0.2) is 31.3 Å². The van der Waals surface area contributed by atoms with Crippen LogP contribution in [0.4, 0.5) is 0 Å². The number of nitrogens with zero attached hydrogens (tertiary/aromatic N) is 2. The Bertz CT molecular complexity index is 494. The molecule has 16 heavy (non-hydrogen) atoms. The van der Waals surface area contributed by atoms with Crippen molar-refractivity contribution < 1.29 is 17.9 Å². The SMILES string of the molecule is COC(=O)CCn1cc(S(=O)(=O)Cl)c(C)n1. The van der Waals surface area contributed by atoms with E-state index in [0.29, 0.717) is 5.69 Å². The molecule has 0 atom stereocenters. The number of hydrogen-bond acceptors (Lipinski definition) is 5. The molecule has 0 amide bonds. The molecular formula is C8H11ClN2O4S.